The second-order valence-corrected chi connectivity index (χ2v) is 7.39. The first-order chi connectivity index (χ1) is 13.3. The zero-order valence-corrected chi connectivity index (χ0v) is 15.6. The number of nitrogens with one attached hydrogen (secondary N) is 3. The van der Waals surface area contributed by atoms with E-state index >= 15 is 0 Å². The Morgan fingerprint density at radius 3 is 2.64 bits per heavy atom. The first-order valence-electron chi connectivity index (χ1n) is 8.78. The molecular formula is C18H19F3N4O2S. The maximum atomic E-state index is 12.7. The van der Waals surface area contributed by atoms with Crippen molar-refractivity contribution in [1.29, 1.82) is 0 Å². The number of hydrogen-bond acceptors (Lipinski definition) is 4. The highest BCUT2D eigenvalue weighted by Gasteiger charge is 2.30. The van der Waals surface area contributed by atoms with Crippen LogP contribution in [0.2, 0.25) is 0 Å². The molecule has 0 aliphatic heterocycles. The molecule has 0 saturated heterocycles. The molecule has 1 saturated carbocycles. The molecule has 1 aliphatic carbocycles. The molecule has 1 heterocycles. The highest BCUT2D eigenvalue weighted by atomic mass is 32.1. The van der Waals surface area contributed by atoms with Crippen LogP contribution in [-0.2, 0) is 17.4 Å². The first-order valence-corrected chi connectivity index (χ1v) is 9.66. The smallest absolute Gasteiger partial charge is 0.335 e. The quantitative estimate of drug-likeness (QED) is 0.680. The van der Waals surface area contributed by atoms with E-state index in [0.29, 0.717) is 10.8 Å². The molecule has 3 N–H and O–H groups in total. The van der Waals surface area contributed by atoms with Gasteiger partial charge in [0.25, 0.3) is 0 Å². The lowest BCUT2D eigenvalue weighted by molar-refractivity contribution is -0.137. The highest BCUT2D eigenvalue weighted by molar-refractivity contribution is 7.13. The van der Waals surface area contributed by atoms with Crippen LogP contribution in [0.4, 0.5) is 28.8 Å². The van der Waals surface area contributed by atoms with E-state index in [9.17, 15) is 22.8 Å². The molecule has 1 aromatic heterocycles. The predicted molar refractivity (Wildman–Crippen MR) is 100 cm³/mol. The molecule has 0 unspecified atom stereocenters. The van der Waals surface area contributed by atoms with E-state index in [1.165, 1.54) is 23.5 Å². The zero-order valence-electron chi connectivity index (χ0n) is 14.8. The van der Waals surface area contributed by atoms with Gasteiger partial charge in [-0.2, -0.15) is 13.2 Å². The van der Waals surface area contributed by atoms with E-state index in [0.717, 1.165) is 37.8 Å². The van der Waals surface area contributed by atoms with Gasteiger partial charge in [-0.1, -0.05) is 18.9 Å². The molecule has 0 radical (unpaired) electrons. The minimum absolute atomic E-state index is 0.0596. The molecule has 10 heteroatoms. The second kappa shape index (κ2) is 8.59. The standard InChI is InChI=1S/C18H19F3N4O2S/c19-18(20,21)11-4-3-7-13(8-11)22-15(26)9-14-10-28-17(24-14)25-16(27)23-12-5-1-2-6-12/h3-4,7-8,10,12H,1-2,5-6,9H2,(H,22,26)(H2,23,24,25,27). The molecule has 3 amide bonds. The fourth-order valence-electron chi connectivity index (χ4n) is 2.98. The van der Waals surface area contributed by atoms with Crippen molar-refractivity contribution < 1.29 is 22.8 Å². The fraction of sp³-hybridized carbons (Fsp3) is 0.389. The van der Waals surface area contributed by atoms with Crippen LogP contribution in [0.3, 0.4) is 0 Å². The maximum Gasteiger partial charge on any atom is 0.416 e. The zero-order chi connectivity index (χ0) is 20.1. The summed E-state index contributed by atoms with van der Waals surface area (Å²) < 4.78 is 38.2. The van der Waals surface area contributed by atoms with Crippen molar-refractivity contribution in [3.8, 4) is 0 Å². The number of carbonyl (C=O) groups is 2. The van der Waals surface area contributed by atoms with E-state index in [2.05, 4.69) is 20.9 Å². The fourth-order valence-corrected chi connectivity index (χ4v) is 3.68. The van der Waals surface area contributed by atoms with Gasteiger partial charge in [0.05, 0.1) is 17.7 Å². The van der Waals surface area contributed by atoms with E-state index in [1.54, 1.807) is 5.38 Å². The summed E-state index contributed by atoms with van der Waals surface area (Å²) >= 11 is 1.18. The van der Waals surface area contributed by atoms with Crippen molar-refractivity contribution in [3.63, 3.8) is 0 Å². The van der Waals surface area contributed by atoms with Crippen molar-refractivity contribution in [2.24, 2.45) is 0 Å². The van der Waals surface area contributed by atoms with Crippen LogP contribution >= 0.6 is 11.3 Å². The largest absolute Gasteiger partial charge is 0.416 e. The topological polar surface area (TPSA) is 83.1 Å². The van der Waals surface area contributed by atoms with E-state index < -0.39 is 17.6 Å². The summed E-state index contributed by atoms with van der Waals surface area (Å²) in [6.07, 6.45) is -0.451. The van der Waals surface area contributed by atoms with Gasteiger partial charge in [-0.3, -0.25) is 10.1 Å². The number of thiazole rings is 1. The summed E-state index contributed by atoms with van der Waals surface area (Å²) in [4.78, 5) is 28.2. The highest BCUT2D eigenvalue weighted by Crippen LogP contribution is 2.30. The van der Waals surface area contributed by atoms with Crippen molar-refractivity contribution in [2.45, 2.75) is 44.3 Å². The number of rotatable bonds is 5. The Labute approximate surface area is 163 Å². The number of amides is 3. The van der Waals surface area contributed by atoms with Crippen molar-refractivity contribution in [3.05, 3.63) is 40.9 Å². The maximum absolute atomic E-state index is 12.7. The monoisotopic (exact) mass is 412 g/mol. The molecule has 150 valence electrons. The van der Waals surface area contributed by atoms with Gasteiger partial charge in [-0.15, -0.1) is 11.3 Å². The lowest BCUT2D eigenvalue weighted by atomic mass is 10.2. The van der Waals surface area contributed by atoms with Gasteiger partial charge in [0.2, 0.25) is 5.91 Å². The third-order valence-corrected chi connectivity index (χ3v) is 5.08. The predicted octanol–water partition coefficient (Wildman–Crippen LogP) is 4.41. The molecule has 2 aromatic rings. The lowest BCUT2D eigenvalue weighted by Crippen LogP contribution is -2.36. The molecule has 3 rings (SSSR count). The van der Waals surface area contributed by atoms with Crippen molar-refractivity contribution in [1.82, 2.24) is 10.3 Å². The average Bonchev–Trinajstić information content (AvgIpc) is 3.26. The van der Waals surface area contributed by atoms with Crippen LogP contribution in [0, 0.1) is 0 Å². The first kappa shape index (κ1) is 20.1. The molecule has 1 aromatic carbocycles. The van der Waals surface area contributed by atoms with E-state index in [1.807, 2.05) is 0 Å². The van der Waals surface area contributed by atoms with Gasteiger partial charge < -0.3 is 10.6 Å². The molecule has 1 aliphatic rings. The summed E-state index contributed by atoms with van der Waals surface area (Å²) in [6.45, 7) is 0. The third kappa shape index (κ3) is 5.69. The summed E-state index contributed by atoms with van der Waals surface area (Å²) in [5, 5.41) is 9.92. The average molecular weight is 412 g/mol. The van der Waals surface area contributed by atoms with Crippen LogP contribution in [0.15, 0.2) is 29.6 Å². The Balaban J connectivity index is 1.51. The van der Waals surface area contributed by atoms with Gasteiger partial charge in [0.1, 0.15) is 0 Å². The van der Waals surface area contributed by atoms with Crippen molar-refractivity contribution in [2.75, 3.05) is 10.6 Å². The number of alkyl halides is 3. The van der Waals surface area contributed by atoms with Crippen LogP contribution in [0.1, 0.15) is 36.9 Å². The Kier molecular flexibility index (Phi) is 6.18. The number of halogens is 3. The Hall–Kier alpha value is -2.62. The van der Waals surface area contributed by atoms with E-state index in [-0.39, 0.29) is 24.2 Å². The minimum atomic E-state index is -4.48. The molecular weight excluding hydrogens is 393 g/mol. The van der Waals surface area contributed by atoms with Crippen LogP contribution < -0.4 is 16.0 Å². The SMILES string of the molecule is O=C(Cc1csc(NC(=O)NC2CCCC2)n1)Nc1cccc(C(F)(F)F)c1. The summed E-state index contributed by atoms with van der Waals surface area (Å²) in [5.41, 5.74) is -0.353. The van der Waals surface area contributed by atoms with Gasteiger partial charge in [-0.25, -0.2) is 9.78 Å². The number of benzene rings is 1. The van der Waals surface area contributed by atoms with Crippen LogP contribution in [0.5, 0.6) is 0 Å². The third-order valence-electron chi connectivity index (χ3n) is 4.28. The summed E-state index contributed by atoms with van der Waals surface area (Å²) in [6, 6.07) is 4.27. The Morgan fingerprint density at radius 1 is 1.18 bits per heavy atom. The second-order valence-electron chi connectivity index (χ2n) is 6.53. The van der Waals surface area contributed by atoms with Gasteiger partial charge in [-0.05, 0) is 31.0 Å². The van der Waals surface area contributed by atoms with Crippen LogP contribution in [-0.4, -0.2) is 23.0 Å². The molecule has 1 fully saturated rings. The number of nitrogens with zero attached hydrogens (tertiary/aromatic N) is 1. The van der Waals surface area contributed by atoms with Gasteiger partial charge in [0, 0.05) is 17.1 Å². The minimum Gasteiger partial charge on any atom is -0.335 e. The van der Waals surface area contributed by atoms with E-state index in [4.69, 9.17) is 0 Å². The van der Waals surface area contributed by atoms with Gasteiger partial charge >= 0.3 is 12.2 Å². The molecule has 28 heavy (non-hydrogen) atoms. The number of anilines is 2. The lowest BCUT2D eigenvalue weighted by Gasteiger charge is -2.11. The number of aromatic nitrogens is 1. The summed E-state index contributed by atoms with van der Waals surface area (Å²) in [5.74, 6) is -0.494. The van der Waals surface area contributed by atoms with Gasteiger partial charge in [0.15, 0.2) is 5.13 Å². The Morgan fingerprint density at radius 2 is 1.93 bits per heavy atom. The Bertz CT molecular complexity index is 847. The number of carbonyl (C=O) groups excluding carboxylic acids is 2. The molecule has 0 atom stereocenters. The molecule has 6 nitrogen and oxygen atoms in total. The molecule has 0 bridgehead atoms. The summed E-state index contributed by atoms with van der Waals surface area (Å²) in [7, 11) is 0. The van der Waals surface area contributed by atoms with Crippen LogP contribution in [0.25, 0.3) is 0 Å². The van der Waals surface area contributed by atoms with Crippen molar-refractivity contribution >= 4 is 34.1 Å². The number of hydrogen-bond donors (Lipinski definition) is 3. The number of urea groups is 1. The normalized spacial score (nSPS) is 14.7. The molecule has 0 spiro atoms.